The number of aryl methyl sites for hydroxylation is 1. The van der Waals surface area contributed by atoms with Crippen LogP contribution in [0.4, 0.5) is 17.1 Å². The van der Waals surface area contributed by atoms with Crippen molar-refractivity contribution in [3.63, 3.8) is 0 Å². The van der Waals surface area contributed by atoms with Crippen molar-refractivity contribution in [1.82, 2.24) is 10.3 Å². The number of nitro benzene ring substituents is 1. The minimum Gasteiger partial charge on any atom is -0.459 e. The number of carbonyl (C=O) groups excluding carboxylic acids is 1. The quantitative estimate of drug-likeness (QED) is 0.159. The van der Waals surface area contributed by atoms with Crippen molar-refractivity contribution < 1.29 is 14.1 Å². The zero-order valence-electron chi connectivity index (χ0n) is 21.6. The molecule has 9 nitrogen and oxygen atoms in total. The lowest BCUT2D eigenvalue weighted by Crippen LogP contribution is -2.29. The van der Waals surface area contributed by atoms with Gasteiger partial charge < -0.3 is 20.0 Å². The van der Waals surface area contributed by atoms with Gasteiger partial charge in [0.1, 0.15) is 17.6 Å². The second-order valence-corrected chi connectivity index (χ2v) is 10.0. The number of non-ortho nitro benzene ring substituents is 1. The molecule has 198 valence electrons. The molecule has 1 aliphatic rings. The molecule has 2 unspecified atom stereocenters. The molecule has 0 saturated carbocycles. The van der Waals surface area contributed by atoms with Crippen molar-refractivity contribution in [2.75, 3.05) is 10.2 Å². The number of rotatable bonds is 7. The minimum atomic E-state index is -0.431. The van der Waals surface area contributed by atoms with Crippen LogP contribution in [0.3, 0.4) is 0 Å². The average Bonchev–Trinajstić information content (AvgIpc) is 3.55. The number of anilines is 2. The van der Waals surface area contributed by atoms with Crippen molar-refractivity contribution in [3.8, 4) is 11.3 Å². The van der Waals surface area contributed by atoms with E-state index in [1.54, 1.807) is 18.3 Å². The van der Waals surface area contributed by atoms with Crippen LogP contribution in [0.25, 0.3) is 11.3 Å². The van der Waals surface area contributed by atoms with Crippen LogP contribution < -0.4 is 15.5 Å². The zero-order chi connectivity index (χ0) is 27.7. The van der Waals surface area contributed by atoms with E-state index >= 15 is 0 Å². The van der Waals surface area contributed by atoms with Gasteiger partial charge in [-0.1, -0.05) is 19.9 Å². The van der Waals surface area contributed by atoms with E-state index in [2.05, 4.69) is 15.6 Å². The molecule has 0 aliphatic carbocycles. The molecule has 4 aromatic rings. The molecule has 2 aromatic heterocycles. The van der Waals surface area contributed by atoms with E-state index in [0.29, 0.717) is 16.6 Å². The summed E-state index contributed by atoms with van der Waals surface area (Å²) in [5.41, 5.74) is 4.02. The Hall–Kier alpha value is -4.57. The summed E-state index contributed by atoms with van der Waals surface area (Å²) >= 11 is 5.81. The first-order valence-corrected chi connectivity index (χ1v) is 12.9. The van der Waals surface area contributed by atoms with Crippen LogP contribution in [0.15, 0.2) is 83.4 Å². The number of nitrogens with zero attached hydrogens (tertiary/aromatic N) is 3. The number of carbonyl (C=O) groups is 1. The van der Waals surface area contributed by atoms with E-state index in [0.717, 1.165) is 28.2 Å². The highest BCUT2D eigenvalue weighted by Gasteiger charge is 2.42. The number of benzene rings is 2. The van der Waals surface area contributed by atoms with Crippen LogP contribution in [-0.4, -0.2) is 20.9 Å². The third-order valence-corrected chi connectivity index (χ3v) is 6.96. The van der Waals surface area contributed by atoms with Crippen molar-refractivity contribution >= 4 is 40.3 Å². The van der Waals surface area contributed by atoms with Crippen LogP contribution in [0.1, 0.15) is 42.9 Å². The molecule has 10 heteroatoms. The van der Waals surface area contributed by atoms with Gasteiger partial charge in [0.2, 0.25) is 5.91 Å². The molecule has 1 amide bonds. The highest BCUT2D eigenvalue weighted by atomic mass is 32.1. The van der Waals surface area contributed by atoms with Gasteiger partial charge in [0.15, 0.2) is 5.11 Å². The van der Waals surface area contributed by atoms with Crippen molar-refractivity contribution in [1.29, 1.82) is 0 Å². The van der Waals surface area contributed by atoms with Crippen LogP contribution in [0.2, 0.25) is 0 Å². The molecule has 3 heterocycles. The fourth-order valence-electron chi connectivity index (χ4n) is 4.55. The SMILES string of the molecule is Cc1cc(N2C(=S)NC(c3ccccn3)C2c2ccc(-c3ccc([N+](=O)[O-])cc3)o2)ccc1NC(=O)C(C)C. The summed E-state index contributed by atoms with van der Waals surface area (Å²) in [5, 5.41) is 18.0. The Morgan fingerprint density at radius 2 is 1.90 bits per heavy atom. The Kier molecular flexibility index (Phi) is 7.12. The Bertz CT molecular complexity index is 1540. The van der Waals surface area contributed by atoms with Gasteiger partial charge in [-0.25, -0.2) is 0 Å². The van der Waals surface area contributed by atoms with E-state index in [4.69, 9.17) is 16.6 Å². The fourth-order valence-corrected chi connectivity index (χ4v) is 4.90. The first kappa shape index (κ1) is 26.1. The first-order valence-electron chi connectivity index (χ1n) is 12.5. The zero-order valence-corrected chi connectivity index (χ0v) is 22.4. The summed E-state index contributed by atoms with van der Waals surface area (Å²) in [7, 11) is 0. The summed E-state index contributed by atoms with van der Waals surface area (Å²) in [4.78, 5) is 29.5. The molecule has 1 fully saturated rings. The van der Waals surface area contributed by atoms with Crippen LogP contribution >= 0.6 is 12.2 Å². The van der Waals surface area contributed by atoms with E-state index in [9.17, 15) is 14.9 Å². The molecule has 5 rings (SSSR count). The first-order chi connectivity index (χ1) is 18.7. The number of aromatic nitrogens is 1. The normalized spacial score (nSPS) is 16.8. The van der Waals surface area contributed by atoms with Crippen molar-refractivity contribution in [2.45, 2.75) is 32.9 Å². The monoisotopic (exact) mass is 541 g/mol. The molecule has 1 aliphatic heterocycles. The summed E-state index contributed by atoms with van der Waals surface area (Å²) < 4.78 is 6.34. The number of furan rings is 1. The van der Waals surface area contributed by atoms with Gasteiger partial charge in [0, 0.05) is 41.2 Å². The molecule has 0 spiro atoms. The predicted octanol–water partition coefficient (Wildman–Crippen LogP) is 6.33. The van der Waals surface area contributed by atoms with Gasteiger partial charge in [0.25, 0.3) is 5.69 Å². The van der Waals surface area contributed by atoms with Gasteiger partial charge in [-0.2, -0.15) is 0 Å². The molecule has 2 N–H and O–H groups in total. The Balaban J connectivity index is 1.53. The van der Waals surface area contributed by atoms with E-state index < -0.39 is 4.92 Å². The largest absolute Gasteiger partial charge is 0.459 e. The molecule has 39 heavy (non-hydrogen) atoms. The van der Waals surface area contributed by atoms with Gasteiger partial charge in [0.05, 0.1) is 16.7 Å². The van der Waals surface area contributed by atoms with Gasteiger partial charge in [-0.15, -0.1) is 0 Å². The summed E-state index contributed by atoms with van der Waals surface area (Å²) in [6.45, 7) is 5.64. The van der Waals surface area contributed by atoms with E-state index in [1.807, 2.05) is 74.2 Å². The lowest BCUT2D eigenvalue weighted by molar-refractivity contribution is -0.384. The van der Waals surface area contributed by atoms with Crippen LogP contribution in [-0.2, 0) is 4.79 Å². The summed E-state index contributed by atoms with van der Waals surface area (Å²) in [6.07, 6.45) is 1.74. The highest BCUT2D eigenvalue weighted by molar-refractivity contribution is 7.80. The minimum absolute atomic E-state index is 0.0145. The molecule has 1 saturated heterocycles. The maximum Gasteiger partial charge on any atom is 0.269 e. The third-order valence-electron chi connectivity index (χ3n) is 6.65. The second kappa shape index (κ2) is 10.7. The van der Waals surface area contributed by atoms with Crippen LogP contribution in [0, 0.1) is 23.0 Å². The Morgan fingerprint density at radius 1 is 1.13 bits per heavy atom. The van der Waals surface area contributed by atoms with E-state index in [-0.39, 0.29) is 29.6 Å². The maximum atomic E-state index is 12.3. The fraction of sp³-hybridized carbons (Fsp3) is 0.207. The lowest BCUT2D eigenvalue weighted by atomic mass is 10.0. The van der Waals surface area contributed by atoms with Gasteiger partial charge in [-0.05, 0) is 79.3 Å². The molecule has 0 bridgehead atoms. The molecular weight excluding hydrogens is 514 g/mol. The maximum absolute atomic E-state index is 12.3. The standard InChI is InChI=1S/C29H27N5O4S/c1-17(2)28(35)31-22-12-11-21(16-18(22)3)33-27(26(32-29(33)39)23-6-4-5-15-30-23)25-14-13-24(38-25)19-7-9-20(10-8-19)34(36)37/h4-17,26-27H,1-3H3,(H,31,35)(H,32,39). The van der Waals surface area contributed by atoms with Gasteiger partial charge >= 0.3 is 0 Å². The smallest absolute Gasteiger partial charge is 0.269 e. The number of amides is 1. The molecule has 2 aromatic carbocycles. The lowest BCUT2D eigenvalue weighted by Gasteiger charge is -2.27. The average molecular weight is 542 g/mol. The van der Waals surface area contributed by atoms with Gasteiger partial charge in [-0.3, -0.25) is 19.9 Å². The van der Waals surface area contributed by atoms with Crippen molar-refractivity contribution in [2.24, 2.45) is 5.92 Å². The van der Waals surface area contributed by atoms with Crippen LogP contribution in [0.5, 0.6) is 0 Å². The molecular formula is C29H27N5O4S. The Labute approximate surface area is 231 Å². The summed E-state index contributed by atoms with van der Waals surface area (Å²) in [6, 6.07) is 20.8. The third kappa shape index (κ3) is 5.23. The number of pyridine rings is 1. The highest BCUT2D eigenvalue weighted by Crippen LogP contribution is 2.43. The topological polar surface area (TPSA) is 114 Å². The number of thiocarbonyl (C=S) groups is 1. The number of nitrogens with one attached hydrogen (secondary N) is 2. The Morgan fingerprint density at radius 3 is 2.54 bits per heavy atom. The number of nitro groups is 1. The molecule has 0 radical (unpaired) electrons. The predicted molar refractivity (Wildman–Crippen MR) is 153 cm³/mol. The number of hydrogen-bond donors (Lipinski definition) is 2. The second-order valence-electron chi connectivity index (χ2n) is 9.65. The summed E-state index contributed by atoms with van der Waals surface area (Å²) in [5.74, 6) is 1.06. The van der Waals surface area contributed by atoms with E-state index in [1.165, 1.54) is 12.1 Å². The van der Waals surface area contributed by atoms with Crippen molar-refractivity contribution in [3.05, 3.63) is 106 Å². The number of hydrogen-bond acceptors (Lipinski definition) is 6. The molecule has 2 atom stereocenters.